The molecule has 3 N–H and O–H groups in total. The predicted octanol–water partition coefficient (Wildman–Crippen LogP) is 2.26. The summed E-state index contributed by atoms with van der Waals surface area (Å²) in [6, 6.07) is 10.1. The van der Waals surface area contributed by atoms with Crippen LogP contribution in [0.25, 0.3) is 0 Å². The highest BCUT2D eigenvalue weighted by Gasteiger charge is 2.26. The highest BCUT2D eigenvalue weighted by molar-refractivity contribution is 14.0. The zero-order valence-electron chi connectivity index (χ0n) is 15.6. The molecule has 0 aliphatic rings. The normalized spacial score (nSPS) is 14.1. The van der Waals surface area contributed by atoms with Crippen molar-refractivity contribution in [2.24, 2.45) is 4.99 Å². The number of nitrogens with zero attached hydrogens (tertiary/aromatic N) is 1. The maximum Gasteiger partial charge on any atom is 0.191 e. The summed E-state index contributed by atoms with van der Waals surface area (Å²) in [7, 11) is -3.20. The average Bonchev–Trinajstić information content (AvgIpc) is 3.12. The van der Waals surface area contributed by atoms with E-state index in [1.807, 2.05) is 6.92 Å². The Balaban J connectivity index is 0.00000364. The molecular formula is C18H26IN3O4S. The Bertz CT molecular complexity index is 832. The van der Waals surface area contributed by atoms with Crippen molar-refractivity contribution in [2.45, 2.75) is 30.9 Å². The molecule has 0 radical (unpaired) electrons. The lowest BCUT2D eigenvalue weighted by molar-refractivity contribution is 0.0386. The Morgan fingerprint density at radius 1 is 1.22 bits per heavy atom. The Morgan fingerprint density at radius 3 is 2.41 bits per heavy atom. The third-order valence-electron chi connectivity index (χ3n) is 3.77. The van der Waals surface area contributed by atoms with Gasteiger partial charge in [0.25, 0.3) is 0 Å². The van der Waals surface area contributed by atoms with Gasteiger partial charge in [0.2, 0.25) is 0 Å². The van der Waals surface area contributed by atoms with Crippen molar-refractivity contribution in [3.63, 3.8) is 0 Å². The van der Waals surface area contributed by atoms with Gasteiger partial charge in [0.15, 0.2) is 15.8 Å². The average molecular weight is 507 g/mol. The number of guanidine groups is 1. The fraction of sp³-hybridized carbons (Fsp3) is 0.389. The molecule has 1 unspecified atom stereocenters. The van der Waals surface area contributed by atoms with Gasteiger partial charge >= 0.3 is 0 Å². The zero-order valence-corrected chi connectivity index (χ0v) is 18.7. The summed E-state index contributed by atoms with van der Waals surface area (Å²) in [6.07, 6.45) is 2.70. The largest absolute Gasteiger partial charge is 0.466 e. The van der Waals surface area contributed by atoms with Crippen molar-refractivity contribution in [3.05, 3.63) is 54.0 Å². The van der Waals surface area contributed by atoms with Crippen molar-refractivity contribution in [3.8, 4) is 0 Å². The Kier molecular flexibility index (Phi) is 8.76. The van der Waals surface area contributed by atoms with Crippen LogP contribution in [-0.4, -0.2) is 38.8 Å². The summed E-state index contributed by atoms with van der Waals surface area (Å²) >= 11 is 0. The first-order valence-electron chi connectivity index (χ1n) is 8.30. The van der Waals surface area contributed by atoms with Gasteiger partial charge in [-0.05, 0) is 43.7 Å². The van der Waals surface area contributed by atoms with Crippen molar-refractivity contribution in [1.29, 1.82) is 0 Å². The van der Waals surface area contributed by atoms with Crippen molar-refractivity contribution < 1.29 is 17.9 Å². The molecule has 0 fully saturated rings. The highest BCUT2D eigenvalue weighted by atomic mass is 127. The van der Waals surface area contributed by atoms with Gasteiger partial charge in [0, 0.05) is 12.8 Å². The number of rotatable bonds is 7. The van der Waals surface area contributed by atoms with Crippen LogP contribution in [0.15, 0.2) is 57.0 Å². The first kappa shape index (κ1) is 23.4. The van der Waals surface area contributed by atoms with E-state index in [4.69, 9.17) is 4.42 Å². The van der Waals surface area contributed by atoms with E-state index < -0.39 is 15.4 Å². The van der Waals surface area contributed by atoms with E-state index in [0.717, 1.165) is 5.56 Å². The minimum Gasteiger partial charge on any atom is -0.466 e. The van der Waals surface area contributed by atoms with Gasteiger partial charge in [-0.25, -0.2) is 13.4 Å². The number of hydrogen-bond acceptors (Lipinski definition) is 5. The minimum absolute atomic E-state index is 0. The predicted molar refractivity (Wildman–Crippen MR) is 116 cm³/mol. The van der Waals surface area contributed by atoms with E-state index in [9.17, 15) is 13.5 Å². The summed E-state index contributed by atoms with van der Waals surface area (Å²) in [5.41, 5.74) is -0.288. The van der Waals surface area contributed by atoms with Crippen LogP contribution in [0.3, 0.4) is 0 Å². The fourth-order valence-electron chi connectivity index (χ4n) is 2.28. The summed E-state index contributed by atoms with van der Waals surface area (Å²) in [6.45, 7) is 4.87. The molecule has 2 aromatic rings. The molecule has 0 bridgehead atoms. The summed E-state index contributed by atoms with van der Waals surface area (Å²) in [5, 5.41) is 16.7. The molecule has 150 valence electrons. The van der Waals surface area contributed by atoms with Gasteiger partial charge in [-0.2, -0.15) is 0 Å². The van der Waals surface area contributed by atoms with E-state index in [1.54, 1.807) is 43.3 Å². The second kappa shape index (κ2) is 10.1. The van der Waals surface area contributed by atoms with E-state index in [1.165, 1.54) is 12.5 Å². The third-order valence-corrected chi connectivity index (χ3v) is 4.90. The molecule has 27 heavy (non-hydrogen) atoms. The van der Waals surface area contributed by atoms with Gasteiger partial charge in [0.05, 0.1) is 24.2 Å². The molecule has 0 spiro atoms. The van der Waals surface area contributed by atoms with E-state index >= 15 is 0 Å². The number of sulfone groups is 1. The van der Waals surface area contributed by atoms with Gasteiger partial charge < -0.3 is 20.2 Å². The van der Waals surface area contributed by atoms with Crippen molar-refractivity contribution >= 4 is 39.8 Å². The molecule has 1 aromatic carbocycles. The Morgan fingerprint density at radius 2 is 1.89 bits per heavy atom. The summed E-state index contributed by atoms with van der Waals surface area (Å²) in [5.74, 6) is 1.02. The molecule has 0 saturated carbocycles. The second-order valence-electron chi connectivity index (χ2n) is 6.22. The smallest absolute Gasteiger partial charge is 0.191 e. The quantitative estimate of drug-likeness (QED) is 0.302. The first-order chi connectivity index (χ1) is 12.2. The lowest BCUT2D eigenvalue weighted by Crippen LogP contribution is -2.44. The SMILES string of the molecule is CCNC(=NCc1ccc(S(C)(=O)=O)cc1)NCC(C)(O)c1ccco1.I. The third kappa shape index (κ3) is 7.15. The number of hydrogen-bond donors (Lipinski definition) is 3. The van der Waals surface area contributed by atoms with E-state index in [-0.39, 0.29) is 35.4 Å². The Labute approximate surface area is 177 Å². The molecule has 7 nitrogen and oxygen atoms in total. The molecule has 2 rings (SSSR count). The maximum atomic E-state index is 11.5. The number of halogens is 1. The van der Waals surface area contributed by atoms with Gasteiger partial charge in [-0.3, -0.25) is 0 Å². The number of aliphatic hydroxyl groups is 1. The number of aliphatic imine (C=N–C) groups is 1. The lowest BCUT2D eigenvalue weighted by atomic mass is 10.0. The second-order valence-corrected chi connectivity index (χ2v) is 8.23. The minimum atomic E-state index is -3.20. The number of furan rings is 1. The van der Waals surface area contributed by atoms with E-state index in [2.05, 4.69) is 15.6 Å². The van der Waals surface area contributed by atoms with Crippen molar-refractivity contribution in [1.82, 2.24) is 10.6 Å². The molecule has 9 heteroatoms. The molecule has 0 amide bonds. The number of nitrogens with one attached hydrogen (secondary N) is 2. The lowest BCUT2D eigenvalue weighted by Gasteiger charge is -2.22. The van der Waals surface area contributed by atoms with Gasteiger partial charge in [-0.1, -0.05) is 12.1 Å². The van der Waals surface area contributed by atoms with Crippen LogP contribution in [0.4, 0.5) is 0 Å². The monoisotopic (exact) mass is 507 g/mol. The molecule has 1 aromatic heterocycles. The van der Waals surface area contributed by atoms with Gasteiger partial charge in [-0.15, -0.1) is 24.0 Å². The van der Waals surface area contributed by atoms with Gasteiger partial charge in [0.1, 0.15) is 11.4 Å². The maximum absolute atomic E-state index is 11.5. The molecular weight excluding hydrogens is 481 g/mol. The molecule has 0 aliphatic heterocycles. The molecule has 0 aliphatic carbocycles. The fourth-order valence-corrected chi connectivity index (χ4v) is 2.91. The van der Waals surface area contributed by atoms with Crippen LogP contribution in [0.5, 0.6) is 0 Å². The Hall–Kier alpha value is -1.59. The van der Waals surface area contributed by atoms with Crippen LogP contribution in [0, 0.1) is 0 Å². The van der Waals surface area contributed by atoms with Crippen LogP contribution in [0.1, 0.15) is 25.2 Å². The van der Waals surface area contributed by atoms with Crippen LogP contribution in [-0.2, 0) is 22.0 Å². The standard InChI is InChI=1S/C18H25N3O4S.HI/c1-4-19-17(21-13-18(2,22)16-6-5-11-25-16)20-12-14-7-9-15(10-8-14)26(3,23)24;/h5-11,22H,4,12-13H2,1-3H3,(H2,19,20,21);1H. The van der Waals surface area contributed by atoms with E-state index in [0.29, 0.717) is 24.8 Å². The molecule has 1 heterocycles. The summed E-state index contributed by atoms with van der Waals surface area (Å²) < 4.78 is 28.2. The summed E-state index contributed by atoms with van der Waals surface area (Å²) in [4.78, 5) is 4.75. The molecule has 1 atom stereocenters. The van der Waals surface area contributed by atoms with Crippen LogP contribution < -0.4 is 10.6 Å². The molecule has 0 saturated heterocycles. The van der Waals surface area contributed by atoms with Crippen LogP contribution >= 0.6 is 24.0 Å². The first-order valence-corrected chi connectivity index (χ1v) is 10.2. The number of benzene rings is 1. The van der Waals surface area contributed by atoms with Crippen LogP contribution in [0.2, 0.25) is 0 Å². The topological polar surface area (TPSA) is 104 Å². The highest BCUT2D eigenvalue weighted by Crippen LogP contribution is 2.19. The zero-order chi connectivity index (χ0) is 19.2. The van der Waals surface area contributed by atoms with Crippen molar-refractivity contribution in [2.75, 3.05) is 19.3 Å².